The van der Waals surface area contributed by atoms with Crippen LogP contribution in [0.25, 0.3) is 10.9 Å². The molecule has 3 heterocycles. The van der Waals surface area contributed by atoms with E-state index < -0.39 is 0 Å². The third-order valence-corrected chi connectivity index (χ3v) is 6.07. The Morgan fingerprint density at radius 1 is 1.17 bits per heavy atom. The summed E-state index contributed by atoms with van der Waals surface area (Å²) < 4.78 is 2.28. The first-order valence-corrected chi connectivity index (χ1v) is 9.51. The molecular weight excluding hydrogens is 314 g/mol. The van der Waals surface area contributed by atoms with Crippen LogP contribution >= 0.6 is 11.3 Å². The van der Waals surface area contributed by atoms with E-state index in [1.165, 1.54) is 22.0 Å². The molecule has 0 bridgehead atoms. The molecule has 2 atom stereocenters. The highest BCUT2D eigenvalue weighted by molar-refractivity contribution is 7.07. The fraction of sp³-hybridized carbons (Fsp3) is 0.400. The third-order valence-electron chi connectivity index (χ3n) is 5.34. The fourth-order valence-electron chi connectivity index (χ4n) is 4.13. The summed E-state index contributed by atoms with van der Waals surface area (Å²) in [4.78, 5) is 5.01. The number of fused-ring (bicyclic) bond motifs is 1. The number of hydrogen-bond donors (Lipinski definition) is 0. The van der Waals surface area contributed by atoms with E-state index in [2.05, 4.69) is 82.8 Å². The minimum Gasteiger partial charge on any atom is -0.350 e. The van der Waals surface area contributed by atoms with Crippen LogP contribution < -0.4 is 0 Å². The van der Waals surface area contributed by atoms with Crippen molar-refractivity contribution in [3.05, 3.63) is 58.4 Å². The van der Waals surface area contributed by atoms with Crippen molar-refractivity contribution in [1.29, 1.82) is 0 Å². The standard InChI is InChI=1S/C20H25N3S/c1-21(2)20-13-23(10-15-8-9-24-14-15)12-18(20)17-11-22(3)19-7-5-4-6-16(17)19/h4-9,11,14,18,20H,10,12-13H2,1-3H3/t18-,20+/m0/s1. The average molecular weight is 340 g/mol. The maximum atomic E-state index is 2.61. The van der Waals surface area contributed by atoms with Crippen molar-refractivity contribution in [2.45, 2.75) is 18.5 Å². The lowest BCUT2D eigenvalue weighted by atomic mass is 9.93. The maximum absolute atomic E-state index is 2.61. The van der Waals surface area contributed by atoms with E-state index in [1.807, 2.05) is 0 Å². The molecule has 3 aromatic rings. The van der Waals surface area contributed by atoms with E-state index in [0.29, 0.717) is 12.0 Å². The number of benzene rings is 1. The summed E-state index contributed by atoms with van der Waals surface area (Å²) in [6, 6.07) is 11.6. The maximum Gasteiger partial charge on any atom is 0.0480 e. The highest BCUT2D eigenvalue weighted by Gasteiger charge is 2.36. The summed E-state index contributed by atoms with van der Waals surface area (Å²) in [5.74, 6) is 0.560. The molecule has 0 amide bonds. The van der Waals surface area contributed by atoms with Crippen molar-refractivity contribution in [2.24, 2.45) is 7.05 Å². The van der Waals surface area contributed by atoms with Gasteiger partial charge in [-0.2, -0.15) is 11.3 Å². The van der Waals surface area contributed by atoms with Gasteiger partial charge in [-0.05, 0) is 48.1 Å². The molecule has 4 heteroatoms. The van der Waals surface area contributed by atoms with Crippen molar-refractivity contribution in [3.63, 3.8) is 0 Å². The van der Waals surface area contributed by atoms with Crippen molar-refractivity contribution in [1.82, 2.24) is 14.4 Å². The molecule has 4 rings (SSSR count). The van der Waals surface area contributed by atoms with Crippen LogP contribution in [0.4, 0.5) is 0 Å². The molecule has 1 aromatic carbocycles. The number of thiophene rings is 1. The van der Waals surface area contributed by atoms with Crippen LogP contribution in [0.3, 0.4) is 0 Å². The van der Waals surface area contributed by atoms with Gasteiger partial charge in [-0.15, -0.1) is 0 Å². The molecule has 0 saturated carbocycles. The monoisotopic (exact) mass is 339 g/mol. The quantitative estimate of drug-likeness (QED) is 0.717. The number of aromatic nitrogens is 1. The van der Waals surface area contributed by atoms with Gasteiger partial charge in [-0.25, -0.2) is 0 Å². The summed E-state index contributed by atoms with van der Waals surface area (Å²) in [7, 11) is 6.60. The Balaban J connectivity index is 1.66. The Kier molecular flexibility index (Phi) is 4.21. The molecule has 126 valence electrons. The highest BCUT2D eigenvalue weighted by Crippen LogP contribution is 2.36. The molecule has 3 nitrogen and oxygen atoms in total. The van der Waals surface area contributed by atoms with Crippen LogP contribution in [0, 0.1) is 0 Å². The van der Waals surface area contributed by atoms with Gasteiger partial charge in [0, 0.05) is 55.7 Å². The van der Waals surface area contributed by atoms with Gasteiger partial charge in [0.2, 0.25) is 0 Å². The van der Waals surface area contributed by atoms with Gasteiger partial charge >= 0.3 is 0 Å². The van der Waals surface area contributed by atoms with E-state index in [0.717, 1.165) is 19.6 Å². The Labute approximate surface area is 148 Å². The second-order valence-electron chi connectivity index (χ2n) is 7.18. The van der Waals surface area contributed by atoms with Crippen LogP contribution in [0.1, 0.15) is 17.0 Å². The number of likely N-dealkylation sites (N-methyl/N-ethyl adjacent to an activating group) is 1. The molecule has 1 saturated heterocycles. The van der Waals surface area contributed by atoms with E-state index in [1.54, 1.807) is 11.3 Å². The number of nitrogens with zero attached hydrogens (tertiary/aromatic N) is 3. The van der Waals surface area contributed by atoms with Gasteiger partial charge < -0.3 is 9.47 Å². The fourth-order valence-corrected chi connectivity index (χ4v) is 4.79. The minimum atomic E-state index is 0.560. The third kappa shape index (κ3) is 2.79. The predicted molar refractivity (Wildman–Crippen MR) is 103 cm³/mol. The lowest BCUT2D eigenvalue weighted by Gasteiger charge is -2.25. The van der Waals surface area contributed by atoms with E-state index in [-0.39, 0.29) is 0 Å². The van der Waals surface area contributed by atoms with E-state index in [4.69, 9.17) is 0 Å². The van der Waals surface area contributed by atoms with Crippen molar-refractivity contribution in [2.75, 3.05) is 27.2 Å². The van der Waals surface area contributed by atoms with Crippen LogP contribution in [-0.4, -0.2) is 47.6 Å². The highest BCUT2D eigenvalue weighted by atomic mass is 32.1. The summed E-state index contributed by atoms with van der Waals surface area (Å²) >= 11 is 1.79. The van der Waals surface area contributed by atoms with E-state index in [9.17, 15) is 0 Å². The van der Waals surface area contributed by atoms with Gasteiger partial charge in [0.15, 0.2) is 0 Å². The molecule has 2 aromatic heterocycles. The molecule has 1 aliphatic rings. The summed E-state index contributed by atoms with van der Waals surface area (Å²) in [5.41, 5.74) is 4.27. The lowest BCUT2D eigenvalue weighted by Crippen LogP contribution is -2.34. The summed E-state index contributed by atoms with van der Waals surface area (Å²) in [6.07, 6.45) is 2.35. The molecule has 0 unspecified atom stereocenters. The minimum absolute atomic E-state index is 0.560. The van der Waals surface area contributed by atoms with Crippen molar-refractivity contribution < 1.29 is 0 Å². The van der Waals surface area contributed by atoms with Crippen LogP contribution in [0.15, 0.2) is 47.3 Å². The molecular formula is C20H25N3S. The number of likely N-dealkylation sites (tertiary alicyclic amines) is 1. The summed E-state index contributed by atoms with van der Waals surface area (Å²) in [5, 5.41) is 5.86. The first kappa shape index (κ1) is 15.9. The average Bonchev–Trinajstić information content (AvgIpc) is 3.28. The van der Waals surface area contributed by atoms with Crippen LogP contribution in [0.2, 0.25) is 0 Å². The Hall–Kier alpha value is -1.62. The molecule has 1 fully saturated rings. The number of rotatable bonds is 4. The van der Waals surface area contributed by atoms with Crippen LogP contribution in [0.5, 0.6) is 0 Å². The molecule has 24 heavy (non-hydrogen) atoms. The molecule has 0 spiro atoms. The Morgan fingerprint density at radius 3 is 2.75 bits per heavy atom. The first-order chi connectivity index (χ1) is 11.6. The van der Waals surface area contributed by atoms with Crippen molar-refractivity contribution >= 4 is 22.2 Å². The molecule has 0 aliphatic carbocycles. The van der Waals surface area contributed by atoms with Gasteiger partial charge in [-0.1, -0.05) is 18.2 Å². The van der Waals surface area contributed by atoms with Crippen molar-refractivity contribution in [3.8, 4) is 0 Å². The number of para-hydroxylation sites is 1. The SMILES string of the molecule is CN(C)[C@@H]1CN(Cc2ccsc2)C[C@H]1c1cn(C)c2ccccc12. The zero-order chi connectivity index (χ0) is 16.7. The largest absolute Gasteiger partial charge is 0.350 e. The normalized spacial score (nSPS) is 22.0. The van der Waals surface area contributed by atoms with Gasteiger partial charge in [0.1, 0.15) is 0 Å². The Bertz CT molecular complexity index is 819. The zero-order valence-corrected chi connectivity index (χ0v) is 15.5. The Morgan fingerprint density at radius 2 is 2.00 bits per heavy atom. The first-order valence-electron chi connectivity index (χ1n) is 8.57. The zero-order valence-electron chi connectivity index (χ0n) is 14.6. The molecule has 0 N–H and O–H groups in total. The summed E-state index contributed by atoms with van der Waals surface area (Å²) in [6.45, 7) is 3.33. The van der Waals surface area contributed by atoms with E-state index >= 15 is 0 Å². The topological polar surface area (TPSA) is 11.4 Å². The number of aryl methyl sites for hydroxylation is 1. The predicted octanol–water partition coefficient (Wildman–Crippen LogP) is 3.77. The second kappa shape index (κ2) is 6.36. The van der Waals surface area contributed by atoms with Gasteiger partial charge in [-0.3, -0.25) is 4.90 Å². The van der Waals surface area contributed by atoms with Gasteiger partial charge in [0.25, 0.3) is 0 Å². The smallest absolute Gasteiger partial charge is 0.0480 e. The van der Waals surface area contributed by atoms with Crippen LogP contribution in [-0.2, 0) is 13.6 Å². The second-order valence-corrected chi connectivity index (χ2v) is 7.96. The van der Waals surface area contributed by atoms with Gasteiger partial charge in [0.05, 0.1) is 0 Å². The lowest BCUT2D eigenvalue weighted by molar-refractivity contribution is 0.260. The molecule has 0 radical (unpaired) electrons. The molecule has 1 aliphatic heterocycles. The number of hydrogen-bond acceptors (Lipinski definition) is 3.